The van der Waals surface area contributed by atoms with Gasteiger partial charge in [0.2, 0.25) is 0 Å². The van der Waals surface area contributed by atoms with Crippen LogP contribution in [0.25, 0.3) is 21.9 Å². The minimum Gasteiger partial charge on any atom is -0.495 e. The molecule has 1 aliphatic rings. The van der Waals surface area contributed by atoms with E-state index < -0.39 is 0 Å². The molecule has 0 spiro atoms. The number of thiocarbonyl (C=S) groups is 1. The summed E-state index contributed by atoms with van der Waals surface area (Å²) in [7, 11) is 3.01. The number of anilines is 2. The van der Waals surface area contributed by atoms with Crippen LogP contribution in [0.5, 0.6) is 5.75 Å². The van der Waals surface area contributed by atoms with Crippen molar-refractivity contribution >= 4 is 67.3 Å². The number of furan rings is 1. The van der Waals surface area contributed by atoms with Gasteiger partial charge in [-0.25, -0.2) is 4.79 Å². The monoisotopic (exact) mass is 452 g/mol. The molecule has 1 aliphatic carbocycles. The van der Waals surface area contributed by atoms with Crippen molar-refractivity contribution in [2.45, 2.75) is 19.3 Å². The van der Waals surface area contributed by atoms with Gasteiger partial charge in [0.1, 0.15) is 21.9 Å². The van der Waals surface area contributed by atoms with Crippen molar-refractivity contribution in [1.29, 1.82) is 0 Å². The predicted molar refractivity (Wildman–Crippen MR) is 128 cm³/mol. The van der Waals surface area contributed by atoms with Gasteiger partial charge in [-0.15, -0.1) is 11.3 Å². The lowest BCUT2D eigenvalue weighted by atomic mass is 10.1. The molecule has 6 nitrogen and oxygen atoms in total. The van der Waals surface area contributed by atoms with E-state index in [0.29, 0.717) is 27.1 Å². The Balaban J connectivity index is 1.46. The largest absolute Gasteiger partial charge is 0.495 e. The first-order valence-electron chi connectivity index (χ1n) is 9.89. The van der Waals surface area contributed by atoms with Crippen molar-refractivity contribution in [3.8, 4) is 5.75 Å². The van der Waals surface area contributed by atoms with Gasteiger partial charge in [-0.3, -0.25) is 0 Å². The molecule has 8 heteroatoms. The number of fused-ring (bicyclic) bond motifs is 4. The van der Waals surface area contributed by atoms with Crippen LogP contribution in [0.3, 0.4) is 0 Å². The second-order valence-electron chi connectivity index (χ2n) is 7.28. The number of hydrogen-bond acceptors (Lipinski definition) is 6. The molecule has 0 amide bonds. The Bertz CT molecular complexity index is 1340. The van der Waals surface area contributed by atoms with E-state index in [-0.39, 0.29) is 5.97 Å². The predicted octanol–water partition coefficient (Wildman–Crippen LogP) is 5.74. The van der Waals surface area contributed by atoms with Gasteiger partial charge in [0.25, 0.3) is 0 Å². The molecule has 5 rings (SSSR count). The molecule has 31 heavy (non-hydrogen) atoms. The van der Waals surface area contributed by atoms with Crippen molar-refractivity contribution in [2.24, 2.45) is 0 Å². The van der Waals surface area contributed by atoms with E-state index in [4.69, 9.17) is 26.1 Å². The quantitative estimate of drug-likeness (QED) is 0.302. The van der Waals surface area contributed by atoms with Crippen LogP contribution in [0.2, 0.25) is 0 Å². The van der Waals surface area contributed by atoms with Crippen LogP contribution in [-0.2, 0) is 17.6 Å². The number of para-hydroxylation sites is 1. The maximum absolute atomic E-state index is 12.4. The number of rotatable bonds is 4. The summed E-state index contributed by atoms with van der Waals surface area (Å²) in [6.45, 7) is 0. The number of nitrogens with one attached hydrogen (secondary N) is 2. The Hall–Kier alpha value is -3.10. The van der Waals surface area contributed by atoms with Gasteiger partial charge in [0.15, 0.2) is 5.11 Å². The van der Waals surface area contributed by atoms with Gasteiger partial charge in [-0.1, -0.05) is 18.2 Å². The molecule has 2 aromatic heterocycles. The number of ether oxygens (including phenoxy) is 2. The van der Waals surface area contributed by atoms with E-state index in [1.54, 1.807) is 18.4 Å². The topological polar surface area (TPSA) is 72.7 Å². The summed E-state index contributed by atoms with van der Waals surface area (Å²) in [6.07, 6.45) is 2.92. The van der Waals surface area contributed by atoms with Crippen LogP contribution < -0.4 is 15.4 Å². The fraction of sp³-hybridized carbons (Fsp3) is 0.217. The van der Waals surface area contributed by atoms with Gasteiger partial charge in [-0.05, 0) is 49.2 Å². The van der Waals surface area contributed by atoms with Crippen LogP contribution in [-0.4, -0.2) is 25.3 Å². The fourth-order valence-electron chi connectivity index (χ4n) is 4.09. The standard InChI is InChI=1S/C23H20N2O4S2/c1-27-18-10-14-12-6-3-4-8-16(12)29-17(14)11-15(18)24-23(30)25-21-20(22(26)28-2)13-7-5-9-19(13)31-21/h3-4,6,8,10-11H,5,7,9H2,1-2H3,(H2,24,25,30). The normalized spacial score (nSPS) is 12.7. The fourth-order valence-corrected chi connectivity index (χ4v) is 5.64. The molecule has 0 bridgehead atoms. The first kappa shape index (κ1) is 19.8. The van der Waals surface area contributed by atoms with Crippen molar-refractivity contribution in [3.63, 3.8) is 0 Å². The van der Waals surface area contributed by atoms with Crippen LogP contribution in [0, 0.1) is 0 Å². The lowest BCUT2D eigenvalue weighted by Gasteiger charge is -2.14. The lowest BCUT2D eigenvalue weighted by molar-refractivity contribution is 0.0601. The SMILES string of the molecule is COC(=O)c1c(NC(=S)Nc2cc3oc4ccccc4c3cc2OC)sc2c1CCC2. The van der Waals surface area contributed by atoms with E-state index in [0.717, 1.165) is 46.8 Å². The molecular formula is C23H20N2O4S2. The highest BCUT2D eigenvalue weighted by molar-refractivity contribution is 7.80. The van der Waals surface area contributed by atoms with Crippen molar-refractivity contribution in [1.82, 2.24) is 0 Å². The highest BCUT2D eigenvalue weighted by Crippen LogP contribution is 2.40. The zero-order valence-corrected chi connectivity index (χ0v) is 18.7. The van der Waals surface area contributed by atoms with Crippen LogP contribution in [0.15, 0.2) is 40.8 Å². The Morgan fingerprint density at radius 3 is 2.74 bits per heavy atom. The number of methoxy groups -OCH3 is 2. The first-order chi connectivity index (χ1) is 15.1. The molecule has 2 aromatic carbocycles. The molecule has 0 unspecified atom stereocenters. The molecule has 0 aliphatic heterocycles. The summed E-state index contributed by atoms with van der Waals surface area (Å²) in [4.78, 5) is 13.6. The lowest BCUT2D eigenvalue weighted by Crippen LogP contribution is -2.20. The second-order valence-corrected chi connectivity index (χ2v) is 8.79. The second kappa shape index (κ2) is 7.86. The van der Waals surface area contributed by atoms with E-state index in [9.17, 15) is 4.79 Å². The average Bonchev–Trinajstić information content (AvgIpc) is 3.44. The minimum atomic E-state index is -0.342. The Morgan fingerprint density at radius 1 is 1.10 bits per heavy atom. The molecule has 4 aromatic rings. The third-order valence-electron chi connectivity index (χ3n) is 5.48. The number of esters is 1. The molecule has 2 N–H and O–H groups in total. The summed E-state index contributed by atoms with van der Waals surface area (Å²) in [5, 5.41) is 9.43. The molecule has 158 valence electrons. The maximum Gasteiger partial charge on any atom is 0.341 e. The highest BCUT2D eigenvalue weighted by Gasteiger charge is 2.27. The molecular weight excluding hydrogens is 432 g/mol. The number of benzene rings is 2. The van der Waals surface area contributed by atoms with E-state index in [1.165, 1.54) is 12.0 Å². The average molecular weight is 453 g/mol. The Morgan fingerprint density at radius 2 is 1.94 bits per heavy atom. The molecule has 0 fully saturated rings. The highest BCUT2D eigenvalue weighted by atomic mass is 32.1. The van der Waals surface area contributed by atoms with Crippen LogP contribution in [0.4, 0.5) is 10.7 Å². The Labute approximate surface area is 188 Å². The van der Waals surface area contributed by atoms with Crippen molar-refractivity contribution in [2.75, 3.05) is 24.9 Å². The number of aryl methyl sites for hydroxylation is 1. The number of carbonyl (C=O) groups excluding carboxylic acids is 1. The van der Waals surface area contributed by atoms with Crippen molar-refractivity contribution < 1.29 is 18.7 Å². The summed E-state index contributed by atoms with van der Waals surface area (Å²) in [6, 6.07) is 11.7. The molecule has 0 saturated heterocycles. The van der Waals surface area contributed by atoms with Gasteiger partial charge < -0.3 is 24.5 Å². The van der Waals surface area contributed by atoms with E-state index in [1.807, 2.05) is 36.4 Å². The summed E-state index contributed by atoms with van der Waals surface area (Å²) in [5.41, 5.74) is 3.88. The van der Waals surface area contributed by atoms with E-state index >= 15 is 0 Å². The van der Waals surface area contributed by atoms with Crippen LogP contribution in [0.1, 0.15) is 27.2 Å². The number of hydrogen-bond donors (Lipinski definition) is 2. The van der Waals surface area contributed by atoms with Gasteiger partial charge in [-0.2, -0.15) is 0 Å². The molecule has 0 radical (unpaired) electrons. The third kappa shape index (κ3) is 3.41. The summed E-state index contributed by atoms with van der Waals surface area (Å²) in [5.74, 6) is 0.302. The maximum atomic E-state index is 12.4. The van der Waals surface area contributed by atoms with Gasteiger partial charge in [0, 0.05) is 21.7 Å². The smallest absolute Gasteiger partial charge is 0.341 e. The van der Waals surface area contributed by atoms with Crippen molar-refractivity contribution in [3.05, 3.63) is 52.4 Å². The molecule has 0 saturated carbocycles. The zero-order chi connectivity index (χ0) is 21.5. The third-order valence-corrected chi connectivity index (χ3v) is 6.90. The first-order valence-corrected chi connectivity index (χ1v) is 11.1. The minimum absolute atomic E-state index is 0.342. The molecule has 2 heterocycles. The Kier molecular flexibility index (Phi) is 5.03. The van der Waals surface area contributed by atoms with E-state index in [2.05, 4.69) is 10.6 Å². The van der Waals surface area contributed by atoms with Crippen LogP contribution >= 0.6 is 23.6 Å². The number of carbonyl (C=O) groups is 1. The zero-order valence-electron chi connectivity index (χ0n) is 17.0. The number of thiophene rings is 1. The van der Waals surface area contributed by atoms with Gasteiger partial charge in [0.05, 0.1) is 25.5 Å². The summed E-state index contributed by atoms with van der Waals surface area (Å²) >= 11 is 7.11. The molecule has 0 atom stereocenters. The summed E-state index contributed by atoms with van der Waals surface area (Å²) < 4.78 is 16.6. The van der Waals surface area contributed by atoms with Gasteiger partial charge >= 0.3 is 5.97 Å².